The molecule has 0 N–H and O–H groups in total. The first-order valence-corrected chi connectivity index (χ1v) is 15.6. The molecule has 0 amide bonds. The molecule has 0 saturated heterocycles. The highest BCUT2D eigenvalue weighted by atomic mass is 14.9. The lowest BCUT2D eigenvalue weighted by Gasteiger charge is -2.14. The van der Waals surface area contributed by atoms with Crippen molar-refractivity contribution in [1.82, 2.24) is 19.9 Å². The predicted octanol–water partition coefficient (Wildman–Crippen LogP) is 6.87. The third-order valence-corrected chi connectivity index (χ3v) is 8.69. The molecule has 0 atom stereocenters. The Bertz CT molecular complexity index is 2730. The quantitative estimate of drug-likeness (QED) is 0.140. The molecule has 0 saturated carbocycles. The van der Waals surface area contributed by atoms with E-state index in [1.54, 1.807) is 24.3 Å². The van der Waals surface area contributed by atoms with Crippen LogP contribution in [0.25, 0.3) is 49.6 Å². The van der Waals surface area contributed by atoms with Crippen LogP contribution >= 0.6 is 0 Å². The number of benzene rings is 3. The van der Waals surface area contributed by atoms with E-state index in [-0.39, 0.29) is 89.7 Å². The fraction of sp³-hybridized carbons (Fsp3) is 0. The van der Waals surface area contributed by atoms with Crippen molar-refractivity contribution in [2.75, 3.05) is 0 Å². The number of hydrogen-bond acceptors (Lipinski definition) is 11. The van der Waals surface area contributed by atoms with Crippen molar-refractivity contribution in [2.45, 2.75) is 0 Å². The van der Waals surface area contributed by atoms with Crippen molar-refractivity contribution in [3.63, 3.8) is 0 Å². The maximum Gasteiger partial charge on any atom is 0.202 e. The molecule has 54 heavy (non-hydrogen) atoms. The van der Waals surface area contributed by atoms with Gasteiger partial charge in [-0.25, -0.2) is 24.8 Å². The Labute approximate surface area is 307 Å². The number of fused-ring (bicyclic) bond motifs is 2. The Morgan fingerprint density at radius 1 is 0.481 bits per heavy atom. The van der Waals surface area contributed by atoms with Gasteiger partial charge in [-0.2, -0.15) is 36.8 Å². The summed E-state index contributed by atoms with van der Waals surface area (Å²) in [5, 5.41) is 71.3. The molecule has 0 bridgehead atoms. The second-order valence-electron chi connectivity index (χ2n) is 11.6. The highest BCUT2D eigenvalue weighted by Crippen LogP contribution is 2.55. The molecular formula is C42H14N12. The second kappa shape index (κ2) is 13.5. The molecule has 0 fully saturated rings. The van der Waals surface area contributed by atoms with Crippen LogP contribution in [0.5, 0.6) is 0 Å². The van der Waals surface area contributed by atoms with Crippen LogP contribution in [0.1, 0.15) is 67.3 Å². The molecular weight excluding hydrogens is 673 g/mol. The van der Waals surface area contributed by atoms with Crippen LogP contribution in [0.3, 0.4) is 0 Å². The number of rotatable bonds is 4. The molecule has 2 heterocycles. The summed E-state index contributed by atoms with van der Waals surface area (Å²) < 4.78 is 0. The van der Waals surface area contributed by atoms with Crippen molar-refractivity contribution in [2.24, 2.45) is 0 Å². The SMILES string of the molecule is [C-]#[N+]/C(=C1/C(c2ncccn2)=C(C#N)c2cc3c(cc21)C(C#N)=C(c1ncccn1)/C3=C(/C#N)c1cc(C#N)cc(C#N)c1)c1cc(C#N)cc(C#N)c1. The van der Waals surface area contributed by atoms with E-state index in [1.807, 2.05) is 24.3 Å². The number of allylic oxidation sites excluding steroid dienone is 7. The van der Waals surface area contributed by atoms with E-state index < -0.39 is 0 Å². The third kappa shape index (κ3) is 5.27. The second-order valence-corrected chi connectivity index (χ2v) is 11.6. The Morgan fingerprint density at radius 2 is 0.889 bits per heavy atom. The molecule has 5 aromatic rings. The van der Waals surface area contributed by atoms with Gasteiger partial charge in [0.15, 0.2) is 11.6 Å². The minimum Gasteiger partial charge on any atom is -0.237 e. The lowest BCUT2D eigenvalue weighted by Crippen LogP contribution is -1.98. The summed E-state index contributed by atoms with van der Waals surface area (Å²) in [6, 6.07) is 29.9. The predicted molar refractivity (Wildman–Crippen MR) is 193 cm³/mol. The van der Waals surface area contributed by atoms with Crippen LogP contribution in [-0.2, 0) is 0 Å². The van der Waals surface area contributed by atoms with Crippen LogP contribution < -0.4 is 0 Å². The molecule has 2 aromatic heterocycles. The topological polar surface area (TPSA) is 222 Å². The average Bonchev–Trinajstić information content (AvgIpc) is 3.72. The van der Waals surface area contributed by atoms with Crippen molar-refractivity contribution < 1.29 is 0 Å². The van der Waals surface area contributed by atoms with Crippen molar-refractivity contribution in [1.29, 1.82) is 36.8 Å². The Kier molecular flexibility index (Phi) is 8.33. The van der Waals surface area contributed by atoms with Gasteiger partial charge in [-0.05, 0) is 82.9 Å². The zero-order valence-corrected chi connectivity index (χ0v) is 27.4. The molecule has 2 aliphatic carbocycles. The minimum atomic E-state index is -0.00423. The van der Waals surface area contributed by atoms with Gasteiger partial charge in [-0.1, -0.05) is 0 Å². The molecule has 2 aliphatic rings. The van der Waals surface area contributed by atoms with E-state index in [0.29, 0.717) is 22.3 Å². The number of aromatic nitrogens is 4. The summed E-state index contributed by atoms with van der Waals surface area (Å²) in [5.41, 5.74) is 3.47. The monoisotopic (exact) mass is 686 g/mol. The summed E-state index contributed by atoms with van der Waals surface area (Å²) >= 11 is 0. The van der Waals surface area contributed by atoms with Crippen molar-refractivity contribution >= 4 is 44.7 Å². The summed E-state index contributed by atoms with van der Waals surface area (Å²) in [6.07, 6.45) is 5.94. The zero-order chi connectivity index (χ0) is 37.9. The summed E-state index contributed by atoms with van der Waals surface area (Å²) in [4.78, 5) is 21.5. The summed E-state index contributed by atoms with van der Waals surface area (Å²) in [5.74, 6) is 0.244. The van der Waals surface area contributed by atoms with Crippen molar-refractivity contribution in [3.05, 3.63) is 164 Å². The largest absolute Gasteiger partial charge is 0.237 e. The first kappa shape index (κ1) is 33.2. The maximum atomic E-state index is 10.8. The molecule has 3 aromatic carbocycles. The molecule has 0 radical (unpaired) electrons. The van der Waals surface area contributed by atoms with Gasteiger partial charge in [-0.3, -0.25) is 0 Å². The van der Waals surface area contributed by atoms with Crippen LogP contribution in [-0.4, -0.2) is 19.9 Å². The highest BCUT2D eigenvalue weighted by Gasteiger charge is 2.38. The first-order valence-electron chi connectivity index (χ1n) is 15.6. The molecule has 0 unspecified atom stereocenters. The summed E-state index contributed by atoms with van der Waals surface area (Å²) in [6.45, 7) is 8.37. The van der Waals surface area contributed by atoms with Crippen LogP contribution in [0, 0.1) is 85.9 Å². The zero-order valence-electron chi connectivity index (χ0n) is 27.4. The van der Waals surface area contributed by atoms with Crippen LogP contribution in [0.4, 0.5) is 0 Å². The fourth-order valence-electron chi connectivity index (χ4n) is 6.58. The van der Waals surface area contributed by atoms with Gasteiger partial charge in [0.2, 0.25) is 5.70 Å². The minimum absolute atomic E-state index is 0.00423. The molecule has 242 valence electrons. The summed E-state index contributed by atoms with van der Waals surface area (Å²) in [7, 11) is 0. The van der Waals surface area contributed by atoms with E-state index in [0.717, 1.165) is 0 Å². The van der Waals surface area contributed by atoms with Crippen LogP contribution in [0.2, 0.25) is 0 Å². The highest BCUT2D eigenvalue weighted by molar-refractivity contribution is 6.33. The van der Waals surface area contributed by atoms with E-state index in [4.69, 9.17) is 6.57 Å². The van der Waals surface area contributed by atoms with Crippen molar-refractivity contribution in [3.8, 4) is 42.5 Å². The molecule has 0 spiro atoms. The van der Waals surface area contributed by atoms with E-state index in [2.05, 4.69) is 43.0 Å². The maximum absolute atomic E-state index is 10.8. The van der Waals surface area contributed by atoms with Gasteiger partial charge >= 0.3 is 0 Å². The van der Waals surface area contributed by atoms with E-state index in [1.165, 1.54) is 61.2 Å². The first-order chi connectivity index (χ1) is 26.4. The lowest BCUT2D eigenvalue weighted by atomic mass is 9.88. The number of nitrogens with zero attached hydrogens (tertiary/aromatic N) is 12. The molecule has 0 aliphatic heterocycles. The smallest absolute Gasteiger partial charge is 0.202 e. The van der Waals surface area contributed by atoms with Gasteiger partial charge in [0.05, 0.1) is 69.8 Å². The number of hydrogen-bond donors (Lipinski definition) is 0. The number of nitriles is 7. The van der Waals surface area contributed by atoms with Gasteiger partial charge in [0.25, 0.3) is 0 Å². The van der Waals surface area contributed by atoms with Crippen LogP contribution in [0.15, 0.2) is 85.5 Å². The molecule has 12 nitrogen and oxygen atoms in total. The van der Waals surface area contributed by atoms with E-state index in [9.17, 15) is 36.8 Å². The Balaban J connectivity index is 1.66. The Morgan fingerprint density at radius 3 is 1.28 bits per heavy atom. The normalized spacial score (nSPS) is 14.1. The fourth-order valence-corrected chi connectivity index (χ4v) is 6.58. The molecule has 12 heteroatoms. The van der Waals surface area contributed by atoms with Gasteiger partial charge in [0, 0.05) is 58.2 Å². The average molecular weight is 687 g/mol. The lowest BCUT2D eigenvalue weighted by molar-refractivity contribution is 1.13. The van der Waals surface area contributed by atoms with Gasteiger partial charge in [-0.15, -0.1) is 0 Å². The molecule has 7 rings (SSSR count). The van der Waals surface area contributed by atoms with Gasteiger partial charge in [0.1, 0.15) is 18.2 Å². The Hall–Kier alpha value is -9.30. The van der Waals surface area contributed by atoms with E-state index >= 15 is 0 Å². The van der Waals surface area contributed by atoms with Gasteiger partial charge < -0.3 is 0 Å². The standard InChI is InChI=1S/C42H14N12/c1-50-40(28-12-25(18-45)9-26(13-28)19-46)37-32-15-29-31(14-30(32)35(22-49)39(37)42-53-6-3-7-54-42)36(38(34(29)21-48)41-51-4-2-5-52-41)33(20-47)27-10-23(16-43)8-24(11-27)17-44/h2-15H/b36-33-,40-37+. The third-order valence-electron chi connectivity index (χ3n) is 8.69.